The Balaban J connectivity index is 1.57. The minimum absolute atomic E-state index is 0.0283. The van der Waals surface area contributed by atoms with Crippen molar-refractivity contribution in [3.05, 3.63) is 82.8 Å². The highest BCUT2D eigenvalue weighted by atomic mass is 32.1. The number of furan rings is 1. The molecule has 1 amide bonds. The van der Waals surface area contributed by atoms with Crippen molar-refractivity contribution < 1.29 is 14.1 Å². The molecule has 0 unspecified atom stereocenters. The first kappa shape index (κ1) is 18.1. The Labute approximate surface area is 159 Å². The summed E-state index contributed by atoms with van der Waals surface area (Å²) in [5.74, 6) is -0.122. The molecule has 3 N–H and O–H groups in total. The van der Waals surface area contributed by atoms with E-state index in [2.05, 4.69) is 16.0 Å². The van der Waals surface area contributed by atoms with Gasteiger partial charge >= 0.3 is 0 Å². The summed E-state index contributed by atoms with van der Waals surface area (Å²) in [7, 11) is 0. The molecule has 1 heterocycles. The van der Waals surface area contributed by atoms with Crippen molar-refractivity contribution in [1.82, 2.24) is 0 Å². The average molecular weight is 382 g/mol. The Morgan fingerprint density at radius 1 is 0.926 bits per heavy atom. The van der Waals surface area contributed by atoms with Gasteiger partial charge in [-0.3, -0.25) is 14.9 Å². The number of nitrogens with zero attached hydrogens (tertiary/aromatic N) is 1. The largest absolute Gasteiger partial charge is 0.459 e. The van der Waals surface area contributed by atoms with Gasteiger partial charge in [-0.1, -0.05) is 6.07 Å². The molecule has 9 heteroatoms. The molecule has 0 aliphatic heterocycles. The fourth-order valence-corrected chi connectivity index (χ4v) is 2.46. The van der Waals surface area contributed by atoms with Crippen LogP contribution in [0.5, 0.6) is 0 Å². The maximum absolute atomic E-state index is 11.9. The number of hydrogen-bond donors (Lipinski definition) is 3. The minimum atomic E-state index is -0.475. The third kappa shape index (κ3) is 4.89. The number of benzene rings is 2. The normalized spacial score (nSPS) is 10.1. The SMILES string of the molecule is O=C(Nc1ccc(NC(=S)Nc2cccc([N+](=O)[O-])c2)cc1)c1ccco1. The lowest BCUT2D eigenvalue weighted by Crippen LogP contribution is -2.19. The maximum atomic E-state index is 11.9. The molecule has 0 fully saturated rings. The van der Waals surface area contributed by atoms with E-state index in [1.54, 1.807) is 48.5 Å². The van der Waals surface area contributed by atoms with E-state index in [-0.39, 0.29) is 22.5 Å². The van der Waals surface area contributed by atoms with Crippen LogP contribution in [0.3, 0.4) is 0 Å². The van der Waals surface area contributed by atoms with Gasteiger partial charge in [-0.15, -0.1) is 0 Å². The number of anilines is 3. The van der Waals surface area contributed by atoms with Gasteiger partial charge < -0.3 is 20.4 Å². The zero-order valence-electron chi connectivity index (χ0n) is 13.8. The van der Waals surface area contributed by atoms with Crippen molar-refractivity contribution in [2.45, 2.75) is 0 Å². The number of non-ortho nitro benzene ring substituents is 1. The molecule has 27 heavy (non-hydrogen) atoms. The second kappa shape index (κ2) is 8.11. The predicted octanol–water partition coefficient (Wildman–Crippen LogP) is 4.25. The number of nitrogens with one attached hydrogen (secondary N) is 3. The van der Waals surface area contributed by atoms with Crippen molar-refractivity contribution in [3.63, 3.8) is 0 Å². The summed E-state index contributed by atoms with van der Waals surface area (Å²) in [6, 6.07) is 16.1. The Bertz CT molecular complexity index is 971. The van der Waals surface area contributed by atoms with Gasteiger partial charge in [0.25, 0.3) is 11.6 Å². The van der Waals surface area contributed by atoms with Crippen LogP contribution in [0.25, 0.3) is 0 Å². The molecule has 1 aromatic heterocycles. The van der Waals surface area contributed by atoms with Gasteiger partial charge in [0.05, 0.1) is 11.2 Å². The van der Waals surface area contributed by atoms with Gasteiger partial charge in [0.2, 0.25) is 0 Å². The Morgan fingerprint density at radius 2 is 1.59 bits per heavy atom. The molecule has 3 aromatic rings. The van der Waals surface area contributed by atoms with Crippen LogP contribution in [0.1, 0.15) is 10.6 Å². The molecular formula is C18H14N4O4S. The van der Waals surface area contributed by atoms with Crippen LogP contribution < -0.4 is 16.0 Å². The van der Waals surface area contributed by atoms with Crippen molar-refractivity contribution in [3.8, 4) is 0 Å². The molecule has 136 valence electrons. The van der Waals surface area contributed by atoms with Gasteiger partial charge in [-0.25, -0.2) is 0 Å². The third-order valence-corrected chi connectivity index (χ3v) is 3.66. The first-order valence-electron chi connectivity index (χ1n) is 7.78. The minimum Gasteiger partial charge on any atom is -0.459 e. The number of carbonyl (C=O) groups is 1. The van der Waals surface area contributed by atoms with Crippen LogP contribution in [0.15, 0.2) is 71.3 Å². The van der Waals surface area contributed by atoms with Gasteiger partial charge in [0.1, 0.15) is 0 Å². The quantitative estimate of drug-likeness (QED) is 0.344. The Kier molecular flexibility index (Phi) is 5.43. The molecule has 0 bridgehead atoms. The molecule has 8 nitrogen and oxygen atoms in total. The van der Waals surface area contributed by atoms with Gasteiger partial charge in [-0.2, -0.15) is 0 Å². The lowest BCUT2D eigenvalue weighted by molar-refractivity contribution is -0.384. The number of hydrogen-bond acceptors (Lipinski definition) is 5. The first-order valence-corrected chi connectivity index (χ1v) is 8.19. The molecule has 0 atom stereocenters. The van der Waals surface area contributed by atoms with E-state index in [9.17, 15) is 14.9 Å². The van der Waals surface area contributed by atoms with Crippen LogP contribution in [0.2, 0.25) is 0 Å². The number of nitro groups is 1. The van der Waals surface area contributed by atoms with Gasteiger partial charge in [0.15, 0.2) is 10.9 Å². The topological polar surface area (TPSA) is 109 Å². The van der Waals surface area contributed by atoms with Crippen molar-refractivity contribution in [1.29, 1.82) is 0 Å². The number of rotatable bonds is 5. The van der Waals surface area contributed by atoms with E-state index in [0.717, 1.165) is 0 Å². The van der Waals surface area contributed by atoms with Crippen LogP contribution >= 0.6 is 12.2 Å². The lowest BCUT2D eigenvalue weighted by Gasteiger charge is -2.11. The smallest absolute Gasteiger partial charge is 0.291 e. The maximum Gasteiger partial charge on any atom is 0.291 e. The van der Waals surface area contributed by atoms with E-state index in [0.29, 0.717) is 17.1 Å². The van der Waals surface area contributed by atoms with E-state index in [1.165, 1.54) is 18.4 Å². The number of thiocarbonyl (C=S) groups is 1. The standard InChI is InChI=1S/C18H14N4O4S/c23-17(16-5-2-10-26-16)19-12-6-8-13(9-7-12)20-18(27)21-14-3-1-4-15(11-14)22(24)25/h1-11H,(H,19,23)(H2,20,21,27). The van der Waals surface area contributed by atoms with Crippen LogP contribution in [0.4, 0.5) is 22.7 Å². The zero-order chi connectivity index (χ0) is 19.2. The van der Waals surface area contributed by atoms with Crippen molar-refractivity contribution in [2.75, 3.05) is 16.0 Å². The highest BCUT2D eigenvalue weighted by Crippen LogP contribution is 2.18. The number of amides is 1. The molecular weight excluding hydrogens is 368 g/mol. The summed E-state index contributed by atoms with van der Waals surface area (Å²) in [5.41, 5.74) is 1.76. The first-order chi connectivity index (χ1) is 13.0. The average Bonchev–Trinajstić information content (AvgIpc) is 3.18. The Morgan fingerprint density at radius 3 is 2.22 bits per heavy atom. The van der Waals surface area contributed by atoms with Gasteiger partial charge in [0, 0.05) is 29.2 Å². The summed E-state index contributed by atoms with van der Waals surface area (Å²) in [4.78, 5) is 22.2. The number of nitro benzene ring substituents is 1. The molecule has 0 radical (unpaired) electrons. The summed E-state index contributed by atoms with van der Waals surface area (Å²) >= 11 is 5.21. The van der Waals surface area contributed by atoms with Crippen LogP contribution in [-0.4, -0.2) is 15.9 Å². The van der Waals surface area contributed by atoms with E-state index < -0.39 is 4.92 Å². The number of carbonyl (C=O) groups excluding carboxylic acids is 1. The monoisotopic (exact) mass is 382 g/mol. The summed E-state index contributed by atoms with van der Waals surface area (Å²) in [6.45, 7) is 0. The predicted molar refractivity (Wildman–Crippen MR) is 106 cm³/mol. The van der Waals surface area contributed by atoms with Gasteiger partial charge in [-0.05, 0) is 54.7 Å². The second-order valence-corrected chi connectivity index (χ2v) is 5.80. The third-order valence-electron chi connectivity index (χ3n) is 3.46. The fraction of sp³-hybridized carbons (Fsp3) is 0. The van der Waals surface area contributed by atoms with Crippen LogP contribution in [0, 0.1) is 10.1 Å². The van der Waals surface area contributed by atoms with E-state index >= 15 is 0 Å². The summed E-state index contributed by atoms with van der Waals surface area (Å²) < 4.78 is 5.03. The molecule has 0 aliphatic carbocycles. The van der Waals surface area contributed by atoms with E-state index in [4.69, 9.17) is 16.6 Å². The summed E-state index contributed by atoms with van der Waals surface area (Å²) in [5, 5.41) is 19.6. The second-order valence-electron chi connectivity index (χ2n) is 5.40. The fourth-order valence-electron chi connectivity index (χ4n) is 2.23. The molecule has 3 rings (SSSR count). The van der Waals surface area contributed by atoms with E-state index in [1.807, 2.05) is 0 Å². The molecule has 0 spiro atoms. The lowest BCUT2D eigenvalue weighted by atomic mass is 10.2. The van der Waals surface area contributed by atoms with Crippen LogP contribution in [-0.2, 0) is 0 Å². The summed E-state index contributed by atoms with van der Waals surface area (Å²) in [6.07, 6.45) is 1.43. The molecule has 2 aromatic carbocycles. The molecule has 0 saturated carbocycles. The molecule has 0 saturated heterocycles. The Hall–Kier alpha value is -3.72. The van der Waals surface area contributed by atoms with Crippen molar-refractivity contribution in [2.24, 2.45) is 0 Å². The highest BCUT2D eigenvalue weighted by Gasteiger charge is 2.09. The van der Waals surface area contributed by atoms with Crippen molar-refractivity contribution >= 4 is 46.0 Å². The zero-order valence-corrected chi connectivity index (χ0v) is 14.7. The highest BCUT2D eigenvalue weighted by molar-refractivity contribution is 7.80. The molecule has 0 aliphatic rings.